The highest BCUT2D eigenvalue weighted by Gasteiger charge is 2.29. The molecule has 1 aromatic rings. The summed E-state index contributed by atoms with van der Waals surface area (Å²) in [5, 5.41) is 9.16. The largest absolute Gasteiger partial charge is 0.299 e. The van der Waals surface area contributed by atoms with Crippen LogP contribution in [0.25, 0.3) is 0 Å². The Morgan fingerprint density at radius 1 is 1.32 bits per heavy atom. The standard InChI is InChI=1S/C17H24N2/c1-17(2,3)16-9-6-10-19(13-16)12-15-8-5-4-7-14(15)11-18/h4-5,7-8,16H,6,9-10,12-13H2,1-3H3. The fraction of sp³-hybridized carbons (Fsp3) is 0.588. The molecule has 1 aliphatic rings. The molecule has 0 aromatic heterocycles. The van der Waals surface area contributed by atoms with E-state index in [9.17, 15) is 0 Å². The van der Waals surface area contributed by atoms with Crippen molar-refractivity contribution >= 4 is 0 Å². The SMILES string of the molecule is CC(C)(C)C1CCCN(Cc2ccccc2C#N)C1. The van der Waals surface area contributed by atoms with Gasteiger partial charge in [-0.25, -0.2) is 0 Å². The van der Waals surface area contributed by atoms with Crippen molar-refractivity contribution in [3.05, 3.63) is 35.4 Å². The number of benzene rings is 1. The van der Waals surface area contributed by atoms with Gasteiger partial charge in [0.25, 0.3) is 0 Å². The molecule has 0 radical (unpaired) electrons. The first-order valence-electron chi connectivity index (χ1n) is 7.21. The lowest BCUT2D eigenvalue weighted by Crippen LogP contribution is -2.40. The molecule has 1 aromatic carbocycles. The average molecular weight is 256 g/mol. The monoisotopic (exact) mass is 256 g/mol. The van der Waals surface area contributed by atoms with Gasteiger partial charge in [0.2, 0.25) is 0 Å². The Hall–Kier alpha value is -1.33. The minimum atomic E-state index is 0.382. The molecule has 0 bridgehead atoms. The number of likely N-dealkylation sites (tertiary alicyclic amines) is 1. The predicted molar refractivity (Wildman–Crippen MR) is 78.6 cm³/mol. The third kappa shape index (κ3) is 3.58. The summed E-state index contributed by atoms with van der Waals surface area (Å²) in [5.74, 6) is 0.760. The Kier molecular flexibility index (Phi) is 4.27. The molecular formula is C17H24N2. The summed E-state index contributed by atoms with van der Waals surface area (Å²) >= 11 is 0. The first kappa shape index (κ1) is 14.1. The molecule has 1 heterocycles. The minimum absolute atomic E-state index is 0.382. The Balaban J connectivity index is 2.05. The Morgan fingerprint density at radius 2 is 2.05 bits per heavy atom. The quantitative estimate of drug-likeness (QED) is 0.804. The summed E-state index contributed by atoms with van der Waals surface area (Å²) in [4.78, 5) is 2.51. The van der Waals surface area contributed by atoms with Gasteiger partial charge >= 0.3 is 0 Å². The molecule has 0 saturated carbocycles. The molecule has 1 saturated heterocycles. The smallest absolute Gasteiger partial charge is 0.0995 e. The van der Waals surface area contributed by atoms with E-state index in [0.29, 0.717) is 5.41 Å². The summed E-state index contributed by atoms with van der Waals surface area (Å²) in [7, 11) is 0. The van der Waals surface area contributed by atoms with E-state index in [4.69, 9.17) is 5.26 Å². The van der Waals surface area contributed by atoms with Gasteiger partial charge in [0, 0.05) is 13.1 Å². The number of rotatable bonds is 2. The zero-order chi connectivity index (χ0) is 13.9. The highest BCUT2D eigenvalue weighted by molar-refractivity contribution is 5.37. The van der Waals surface area contributed by atoms with Crippen LogP contribution in [0, 0.1) is 22.7 Å². The van der Waals surface area contributed by atoms with E-state index in [2.05, 4.69) is 37.8 Å². The van der Waals surface area contributed by atoms with Gasteiger partial charge in [0.1, 0.15) is 0 Å². The summed E-state index contributed by atoms with van der Waals surface area (Å²) in [6.45, 7) is 10.2. The van der Waals surface area contributed by atoms with Crippen molar-refractivity contribution in [2.45, 2.75) is 40.2 Å². The number of hydrogen-bond donors (Lipinski definition) is 0. The molecule has 1 atom stereocenters. The van der Waals surface area contributed by atoms with Crippen LogP contribution in [0.1, 0.15) is 44.7 Å². The number of nitriles is 1. The molecule has 102 valence electrons. The molecule has 0 aliphatic carbocycles. The van der Waals surface area contributed by atoms with Crippen molar-refractivity contribution in [3.8, 4) is 6.07 Å². The van der Waals surface area contributed by atoms with Gasteiger partial charge in [0.15, 0.2) is 0 Å². The minimum Gasteiger partial charge on any atom is -0.299 e. The van der Waals surface area contributed by atoms with Crippen LogP contribution in [-0.2, 0) is 6.54 Å². The normalized spacial score (nSPS) is 21.1. The maximum absolute atomic E-state index is 9.16. The van der Waals surface area contributed by atoms with Gasteiger partial charge in [-0.2, -0.15) is 5.26 Å². The zero-order valence-electron chi connectivity index (χ0n) is 12.3. The van der Waals surface area contributed by atoms with Crippen LogP contribution >= 0.6 is 0 Å². The van der Waals surface area contributed by atoms with Gasteiger partial charge in [-0.1, -0.05) is 39.0 Å². The van der Waals surface area contributed by atoms with Crippen LogP contribution in [0.2, 0.25) is 0 Å². The Morgan fingerprint density at radius 3 is 2.74 bits per heavy atom. The fourth-order valence-corrected chi connectivity index (χ4v) is 2.91. The van der Waals surface area contributed by atoms with Crippen molar-refractivity contribution < 1.29 is 0 Å². The number of piperidine rings is 1. The first-order chi connectivity index (χ1) is 9.00. The van der Waals surface area contributed by atoms with Crippen molar-refractivity contribution in [1.29, 1.82) is 5.26 Å². The lowest BCUT2D eigenvalue weighted by molar-refractivity contribution is 0.0943. The lowest BCUT2D eigenvalue weighted by Gasteiger charge is -2.39. The molecule has 1 fully saturated rings. The first-order valence-corrected chi connectivity index (χ1v) is 7.21. The second-order valence-electron chi connectivity index (χ2n) is 6.71. The van der Waals surface area contributed by atoms with E-state index in [0.717, 1.165) is 31.1 Å². The molecule has 0 N–H and O–H groups in total. The van der Waals surface area contributed by atoms with Gasteiger partial charge in [-0.05, 0) is 42.3 Å². The molecule has 0 amide bonds. The van der Waals surface area contributed by atoms with E-state index in [1.54, 1.807) is 0 Å². The van der Waals surface area contributed by atoms with Gasteiger partial charge in [0.05, 0.1) is 11.6 Å². The molecule has 1 aliphatic heterocycles. The van der Waals surface area contributed by atoms with Gasteiger partial charge in [-0.15, -0.1) is 0 Å². The molecule has 1 unspecified atom stereocenters. The predicted octanol–water partition coefficient (Wildman–Crippen LogP) is 3.82. The molecule has 2 nitrogen and oxygen atoms in total. The van der Waals surface area contributed by atoms with Crippen molar-refractivity contribution in [1.82, 2.24) is 4.90 Å². The second kappa shape index (κ2) is 5.75. The third-order valence-corrected chi connectivity index (χ3v) is 4.26. The van der Waals surface area contributed by atoms with Gasteiger partial charge in [-0.3, -0.25) is 4.90 Å². The number of nitrogens with zero attached hydrogens (tertiary/aromatic N) is 2. The molecule has 19 heavy (non-hydrogen) atoms. The van der Waals surface area contributed by atoms with Gasteiger partial charge < -0.3 is 0 Å². The van der Waals surface area contributed by atoms with Crippen LogP contribution in [-0.4, -0.2) is 18.0 Å². The second-order valence-corrected chi connectivity index (χ2v) is 6.71. The maximum Gasteiger partial charge on any atom is 0.0995 e. The molecule has 0 spiro atoms. The van der Waals surface area contributed by atoms with Crippen LogP contribution in [0.4, 0.5) is 0 Å². The zero-order valence-corrected chi connectivity index (χ0v) is 12.3. The molecule has 2 rings (SSSR count). The topological polar surface area (TPSA) is 27.0 Å². The van der Waals surface area contributed by atoms with Crippen LogP contribution < -0.4 is 0 Å². The molecular weight excluding hydrogens is 232 g/mol. The summed E-state index contributed by atoms with van der Waals surface area (Å²) in [6, 6.07) is 10.3. The average Bonchev–Trinajstić information content (AvgIpc) is 2.39. The van der Waals surface area contributed by atoms with E-state index in [-0.39, 0.29) is 0 Å². The van der Waals surface area contributed by atoms with Crippen LogP contribution in [0.3, 0.4) is 0 Å². The van der Waals surface area contributed by atoms with E-state index in [1.807, 2.05) is 18.2 Å². The molecule has 2 heteroatoms. The van der Waals surface area contributed by atoms with E-state index >= 15 is 0 Å². The number of hydrogen-bond acceptors (Lipinski definition) is 2. The highest BCUT2D eigenvalue weighted by atomic mass is 15.1. The maximum atomic E-state index is 9.16. The summed E-state index contributed by atoms with van der Waals surface area (Å²) in [6.07, 6.45) is 2.61. The van der Waals surface area contributed by atoms with E-state index < -0.39 is 0 Å². The van der Waals surface area contributed by atoms with Crippen LogP contribution in [0.5, 0.6) is 0 Å². The Bertz CT molecular complexity index is 465. The van der Waals surface area contributed by atoms with E-state index in [1.165, 1.54) is 18.4 Å². The van der Waals surface area contributed by atoms with Crippen molar-refractivity contribution in [3.63, 3.8) is 0 Å². The fourth-order valence-electron chi connectivity index (χ4n) is 2.91. The van der Waals surface area contributed by atoms with Crippen molar-refractivity contribution in [2.75, 3.05) is 13.1 Å². The summed E-state index contributed by atoms with van der Waals surface area (Å²) < 4.78 is 0. The van der Waals surface area contributed by atoms with Crippen LogP contribution in [0.15, 0.2) is 24.3 Å². The third-order valence-electron chi connectivity index (χ3n) is 4.26. The lowest BCUT2D eigenvalue weighted by atomic mass is 9.76. The highest BCUT2D eigenvalue weighted by Crippen LogP contribution is 2.33. The summed E-state index contributed by atoms with van der Waals surface area (Å²) in [5.41, 5.74) is 2.37. The Labute approximate surface area is 117 Å². The van der Waals surface area contributed by atoms with Crippen molar-refractivity contribution in [2.24, 2.45) is 11.3 Å².